The van der Waals surface area contributed by atoms with Crippen LogP contribution in [0.4, 0.5) is 26.1 Å². The zero-order valence-electron chi connectivity index (χ0n) is 25.3. The topological polar surface area (TPSA) is 112 Å². The first-order valence-electron chi connectivity index (χ1n) is 15.1. The van der Waals surface area contributed by atoms with Crippen molar-refractivity contribution in [1.82, 2.24) is 29.6 Å². The highest BCUT2D eigenvalue weighted by Crippen LogP contribution is 2.34. The number of amides is 2. The molecule has 7 rings (SSSR count). The van der Waals surface area contributed by atoms with Crippen LogP contribution in [0.5, 0.6) is 0 Å². The minimum atomic E-state index is -0.779. The van der Waals surface area contributed by atoms with Crippen LogP contribution in [0.3, 0.4) is 0 Å². The molecule has 1 saturated heterocycles. The van der Waals surface area contributed by atoms with Crippen molar-refractivity contribution in [2.24, 2.45) is 0 Å². The molecule has 46 heavy (non-hydrogen) atoms. The molecule has 3 aromatic heterocycles. The van der Waals surface area contributed by atoms with Crippen LogP contribution < -0.4 is 15.1 Å². The molecule has 5 aromatic rings. The molecule has 2 aliphatic heterocycles. The van der Waals surface area contributed by atoms with Gasteiger partial charge >= 0.3 is 0 Å². The number of nitrogens with one attached hydrogen (secondary N) is 1. The van der Waals surface area contributed by atoms with Crippen molar-refractivity contribution < 1.29 is 18.4 Å². The lowest BCUT2D eigenvalue weighted by Crippen LogP contribution is -2.45. The van der Waals surface area contributed by atoms with Gasteiger partial charge in [-0.05, 0) is 43.2 Å². The molecule has 0 radical (unpaired) electrons. The number of likely N-dealkylation sites (N-methyl/N-ethyl adjacent to an activating group) is 1. The highest BCUT2D eigenvalue weighted by molar-refractivity contribution is 5.96. The number of carbonyl (C=O) groups is 2. The number of anilines is 3. The van der Waals surface area contributed by atoms with E-state index in [1.807, 2.05) is 47.4 Å². The Balaban J connectivity index is 1.28. The molecular weight excluding hydrogens is 592 g/mol. The molecule has 0 spiro atoms. The SMILES string of the molecule is CC(=O)N1CCCN(C)C(=O)C2C[C@@H](CN2c2ncnc3c2cnn3-c2ccc(F)cc2F)Nc2cccc(n2)-c2ccccc21. The first-order chi connectivity index (χ1) is 22.3. The zero-order valence-corrected chi connectivity index (χ0v) is 25.3. The number of para-hydroxylation sites is 1. The van der Waals surface area contributed by atoms with Gasteiger partial charge in [0, 0.05) is 51.3 Å². The van der Waals surface area contributed by atoms with Crippen LogP contribution in [0.15, 0.2) is 73.2 Å². The van der Waals surface area contributed by atoms with Crippen molar-refractivity contribution in [3.63, 3.8) is 0 Å². The highest BCUT2D eigenvalue weighted by atomic mass is 19.1. The fourth-order valence-electron chi connectivity index (χ4n) is 6.38. The van der Waals surface area contributed by atoms with Gasteiger partial charge < -0.3 is 20.0 Å². The number of halogens is 2. The quantitative estimate of drug-likeness (QED) is 0.308. The van der Waals surface area contributed by atoms with Crippen molar-refractivity contribution in [1.29, 1.82) is 0 Å². The summed E-state index contributed by atoms with van der Waals surface area (Å²) in [5, 5.41) is 8.40. The lowest BCUT2D eigenvalue weighted by Gasteiger charge is -2.30. The number of nitrogens with zero attached hydrogens (tertiary/aromatic N) is 8. The number of rotatable bonds is 2. The second-order valence-electron chi connectivity index (χ2n) is 11.5. The maximum Gasteiger partial charge on any atom is 0.245 e. The van der Waals surface area contributed by atoms with Crippen molar-refractivity contribution >= 4 is 40.2 Å². The minimum absolute atomic E-state index is 0.0444. The summed E-state index contributed by atoms with van der Waals surface area (Å²) < 4.78 is 29.7. The van der Waals surface area contributed by atoms with Gasteiger partial charge in [-0.1, -0.05) is 24.3 Å². The Hall–Kier alpha value is -5.46. The molecule has 13 heteroatoms. The lowest BCUT2D eigenvalue weighted by molar-refractivity contribution is -0.131. The predicted molar refractivity (Wildman–Crippen MR) is 170 cm³/mol. The molecule has 5 heterocycles. The van der Waals surface area contributed by atoms with Gasteiger partial charge in [-0.2, -0.15) is 5.10 Å². The molecule has 2 atom stereocenters. The van der Waals surface area contributed by atoms with Crippen LogP contribution in [0.25, 0.3) is 28.0 Å². The fraction of sp³-hybridized carbons (Fsp3) is 0.273. The number of aromatic nitrogens is 5. The van der Waals surface area contributed by atoms with E-state index in [0.717, 1.165) is 29.1 Å². The maximum atomic E-state index is 14.7. The number of pyridine rings is 1. The van der Waals surface area contributed by atoms with Crippen LogP contribution in [-0.2, 0) is 9.59 Å². The second-order valence-corrected chi connectivity index (χ2v) is 11.5. The third-order valence-electron chi connectivity index (χ3n) is 8.54. The first kappa shape index (κ1) is 29.3. The van der Waals surface area contributed by atoms with Gasteiger partial charge in [-0.15, -0.1) is 0 Å². The van der Waals surface area contributed by atoms with Crippen molar-refractivity contribution in [2.75, 3.05) is 41.8 Å². The summed E-state index contributed by atoms with van der Waals surface area (Å²) in [4.78, 5) is 46.1. The Labute approximate surface area is 263 Å². The van der Waals surface area contributed by atoms with Crippen LogP contribution in [0.1, 0.15) is 19.8 Å². The monoisotopic (exact) mass is 623 g/mol. The van der Waals surface area contributed by atoms with Crippen molar-refractivity contribution in [3.8, 4) is 16.9 Å². The van der Waals surface area contributed by atoms with E-state index in [0.29, 0.717) is 55.1 Å². The van der Waals surface area contributed by atoms with Crippen LogP contribution >= 0.6 is 0 Å². The number of carbonyl (C=O) groups excluding carboxylic acids is 2. The predicted octanol–water partition coefficient (Wildman–Crippen LogP) is 4.43. The average molecular weight is 624 g/mol. The molecule has 234 valence electrons. The number of benzene rings is 2. The Bertz CT molecular complexity index is 1970. The Morgan fingerprint density at radius 3 is 2.67 bits per heavy atom. The molecule has 2 aliphatic rings. The second kappa shape index (κ2) is 11.8. The molecular formula is C33H31F2N9O2. The van der Waals surface area contributed by atoms with Gasteiger partial charge in [0.15, 0.2) is 11.5 Å². The summed E-state index contributed by atoms with van der Waals surface area (Å²) >= 11 is 0. The van der Waals surface area contributed by atoms with E-state index in [2.05, 4.69) is 20.4 Å². The standard InChI is InChI=1S/C33H31F2N9O2/c1-20(45)42-14-6-13-41(2)33(46)29-16-22(39-30-10-5-8-26(40-30)23-7-3-4-9-27(23)42)18-43(29)31-24-17-38-44(32(24)37-19-36-31)28-12-11-21(34)15-25(28)35/h3-5,7-12,15,17,19,22,29H,6,13-14,16,18H2,1-2H3,(H,39,40)/t22-,29?/m0/s1. The highest BCUT2D eigenvalue weighted by Gasteiger charge is 2.40. The number of hydrogen-bond donors (Lipinski definition) is 1. The zero-order chi connectivity index (χ0) is 31.9. The van der Waals surface area contributed by atoms with Gasteiger partial charge in [0.25, 0.3) is 0 Å². The maximum absolute atomic E-state index is 14.7. The van der Waals surface area contributed by atoms with Gasteiger partial charge in [0.1, 0.15) is 35.5 Å². The minimum Gasteiger partial charge on any atom is -0.365 e. The number of fused-ring (bicyclic) bond motifs is 7. The summed E-state index contributed by atoms with van der Waals surface area (Å²) in [6, 6.07) is 15.9. The van der Waals surface area contributed by atoms with Crippen molar-refractivity contribution in [2.45, 2.75) is 31.8 Å². The summed E-state index contributed by atoms with van der Waals surface area (Å²) in [5.41, 5.74) is 2.70. The van der Waals surface area contributed by atoms with Crippen LogP contribution in [0, 0.1) is 11.6 Å². The largest absolute Gasteiger partial charge is 0.365 e. The molecule has 0 saturated carbocycles. The molecule has 2 aromatic carbocycles. The van der Waals surface area contributed by atoms with Gasteiger partial charge in [-0.3, -0.25) is 9.59 Å². The van der Waals surface area contributed by atoms with E-state index in [1.165, 1.54) is 30.2 Å². The molecule has 4 bridgehead atoms. The Kier molecular flexibility index (Phi) is 7.51. The summed E-state index contributed by atoms with van der Waals surface area (Å²) in [6.45, 7) is 2.81. The van der Waals surface area contributed by atoms with E-state index < -0.39 is 17.7 Å². The molecule has 1 N–H and O–H groups in total. The van der Waals surface area contributed by atoms with E-state index in [4.69, 9.17) is 4.98 Å². The lowest BCUT2D eigenvalue weighted by atomic mass is 10.1. The van der Waals surface area contributed by atoms with Crippen LogP contribution in [0.2, 0.25) is 0 Å². The van der Waals surface area contributed by atoms with Gasteiger partial charge in [-0.25, -0.2) is 28.4 Å². The van der Waals surface area contributed by atoms with E-state index >= 15 is 0 Å². The Morgan fingerprint density at radius 1 is 1.00 bits per heavy atom. The molecule has 1 fully saturated rings. The first-order valence-corrected chi connectivity index (χ1v) is 15.1. The molecule has 0 aliphatic carbocycles. The average Bonchev–Trinajstić information content (AvgIpc) is 3.67. The fourth-order valence-corrected chi connectivity index (χ4v) is 6.38. The third-order valence-corrected chi connectivity index (χ3v) is 8.54. The smallest absolute Gasteiger partial charge is 0.245 e. The molecule has 1 unspecified atom stereocenters. The van der Waals surface area contributed by atoms with Crippen molar-refractivity contribution in [3.05, 3.63) is 84.8 Å². The van der Waals surface area contributed by atoms with E-state index in [9.17, 15) is 18.4 Å². The van der Waals surface area contributed by atoms with E-state index in [-0.39, 0.29) is 23.5 Å². The molecule has 11 nitrogen and oxygen atoms in total. The molecule has 2 amide bonds. The van der Waals surface area contributed by atoms with Crippen LogP contribution in [-0.4, -0.2) is 80.2 Å². The third kappa shape index (κ3) is 5.27. The normalized spacial score (nSPS) is 18.6. The summed E-state index contributed by atoms with van der Waals surface area (Å²) in [5.74, 6) is -0.555. The number of hydrogen-bond acceptors (Lipinski definition) is 8. The van der Waals surface area contributed by atoms with E-state index in [1.54, 1.807) is 16.8 Å². The van der Waals surface area contributed by atoms with Gasteiger partial charge in [0.2, 0.25) is 11.8 Å². The summed E-state index contributed by atoms with van der Waals surface area (Å²) in [6.07, 6.45) is 3.92. The van der Waals surface area contributed by atoms with Gasteiger partial charge in [0.05, 0.1) is 23.0 Å². The Morgan fingerprint density at radius 2 is 1.85 bits per heavy atom. The summed E-state index contributed by atoms with van der Waals surface area (Å²) in [7, 11) is 1.76.